The van der Waals surface area contributed by atoms with Crippen LogP contribution < -0.4 is 10.6 Å². The summed E-state index contributed by atoms with van der Waals surface area (Å²) in [5.41, 5.74) is 5.28. The zero-order valence-corrected chi connectivity index (χ0v) is 19.7. The summed E-state index contributed by atoms with van der Waals surface area (Å²) in [6.07, 6.45) is -0.781. The number of anilines is 1. The number of benzene rings is 3. The lowest BCUT2D eigenvalue weighted by molar-refractivity contribution is -0.137. The van der Waals surface area contributed by atoms with Crippen molar-refractivity contribution in [1.29, 1.82) is 0 Å². The molecule has 1 aliphatic carbocycles. The standard InChI is InChI=1S/C28H28N2O5/c1-17(2)25(15-26(31)32)30-27(33)18-8-7-9-19(14-18)29-28(34)35-16-24-22-12-5-3-10-20(22)21-11-4-6-13-23(21)24/h3-14,17,24-25H,15-16H2,1-2H3,(H,29,34)(H,30,33)(H,31,32)/t25-/m0/s1. The van der Waals surface area contributed by atoms with Crippen LogP contribution in [0.5, 0.6) is 0 Å². The Bertz CT molecular complexity index is 1210. The van der Waals surface area contributed by atoms with E-state index in [1.165, 1.54) is 6.07 Å². The van der Waals surface area contributed by atoms with E-state index in [0.717, 1.165) is 22.3 Å². The first-order valence-electron chi connectivity index (χ1n) is 11.6. The van der Waals surface area contributed by atoms with Crippen LogP contribution in [0.15, 0.2) is 72.8 Å². The van der Waals surface area contributed by atoms with Gasteiger partial charge in [-0.3, -0.25) is 14.9 Å². The molecule has 0 radical (unpaired) electrons. The summed E-state index contributed by atoms with van der Waals surface area (Å²) in [4.78, 5) is 36.3. The number of amides is 2. The summed E-state index contributed by atoms with van der Waals surface area (Å²) in [7, 11) is 0. The van der Waals surface area contributed by atoms with Crippen molar-refractivity contribution in [3.8, 4) is 11.1 Å². The minimum absolute atomic E-state index is 0.0443. The molecule has 0 unspecified atom stereocenters. The summed E-state index contributed by atoms with van der Waals surface area (Å²) >= 11 is 0. The summed E-state index contributed by atoms with van der Waals surface area (Å²) in [6, 6.07) is 22.2. The molecule has 0 aromatic heterocycles. The molecule has 180 valence electrons. The largest absolute Gasteiger partial charge is 0.481 e. The van der Waals surface area contributed by atoms with Gasteiger partial charge in [0.15, 0.2) is 0 Å². The molecular formula is C28H28N2O5. The highest BCUT2D eigenvalue weighted by atomic mass is 16.5. The van der Waals surface area contributed by atoms with Crippen molar-refractivity contribution in [2.24, 2.45) is 5.92 Å². The average Bonchev–Trinajstić information content (AvgIpc) is 3.16. The SMILES string of the molecule is CC(C)[C@H](CC(=O)O)NC(=O)c1cccc(NC(=O)OCC2c3ccccc3-c3ccccc32)c1. The van der Waals surface area contributed by atoms with Gasteiger partial charge >= 0.3 is 12.1 Å². The molecule has 0 bridgehead atoms. The van der Waals surface area contributed by atoms with E-state index in [1.54, 1.807) is 18.2 Å². The molecule has 0 saturated heterocycles. The van der Waals surface area contributed by atoms with E-state index >= 15 is 0 Å². The molecule has 0 heterocycles. The van der Waals surface area contributed by atoms with Crippen LogP contribution in [0.3, 0.4) is 0 Å². The molecule has 3 aromatic carbocycles. The first-order valence-corrected chi connectivity index (χ1v) is 11.6. The Morgan fingerprint density at radius 3 is 2.14 bits per heavy atom. The minimum Gasteiger partial charge on any atom is -0.481 e. The quantitative estimate of drug-likeness (QED) is 0.414. The van der Waals surface area contributed by atoms with Gasteiger partial charge in [-0.2, -0.15) is 0 Å². The Hall–Kier alpha value is -4.13. The fourth-order valence-corrected chi connectivity index (χ4v) is 4.38. The number of carbonyl (C=O) groups excluding carboxylic acids is 2. The van der Waals surface area contributed by atoms with Gasteiger partial charge in [-0.05, 0) is 46.4 Å². The van der Waals surface area contributed by atoms with Gasteiger partial charge in [-0.15, -0.1) is 0 Å². The number of carbonyl (C=O) groups is 3. The van der Waals surface area contributed by atoms with Crippen molar-refractivity contribution in [2.45, 2.75) is 32.2 Å². The molecule has 0 fully saturated rings. The van der Waals surface area contributed by atoms with Gasteiger partial charge in [0.2, 0.25) is 0 Å². The fraction of sp³-hybridized carbons (Fsp3) is 0.250. The predicted octanol–water partition coefficient (Wildman–Crippen LogP) is 5.28. The Labute approximate surface area is 204 Å². The Morgan fingerprint density at radius 1 is 0.914 bits per heavy atom. The molecule has 7 heteroatoms. The van der Waals surface area contributed by atoms with Gasteiger partial charge in [0.25, 0.3) is 5.91 Å². The van der Waals surface area contributed by atoms with Gasteiger partial charge < -0.3 is 15.2 Å². The highest BCUT2D eigenvalue weighted by molar-refractivity contribution is 5.96. The molecule has 0 aliphatic heterocycles. The molecule has 4 rings (SSSR count). The second kappa shape index (κ2) is 10.4. The molecule has 0 spiro atoms. The minimum atomic E-state index is -0.977. The van der Waals surface area contributed by atoms with Crippen molar-refractivity contribution >= 4 is 23.7 Å². The van der Waals surface area contributed by atoms with E-state index in [4.69, 9.17) is 9.84 Å². The maximum Gasteiger partial charge on any atom is 0.411 e. The Balaban J connectivity index is 1.39. The first-order chi connectivity index (χ1) is 16.8. The number of hydrogen-bond donors (Lipinski definition) is 3. The van der Waals surface area contributed by atoms with Crippen LogP contribution in [0, 0.1) is 5.92 Å². The summed E-state index contributed by atoms with van der Waals surface area (Å²) in [6.45, 7) is 3.89. The van der Waals surface area contributed by atoms with E-state index in [1.807, 2.05) is 38.1 Å². The number of hydrogen-bond acceptors (Lipinski definition) is 4. The molecule has 7 nitrogen and oxygen atoms in total. The predicted molar refractivity (Wildman–Crippen MR) is 133 cm³/mol. The first kappa shape index (κ1) is 24.0. The highest BCUT2D eigenvalue weighted by Gasteiger charge is 2.29. The molecule has 3 N–H and O–H groups in total. The van der Waals surface area contributed by atoms with Gasteiger partial charge in [-0.1, -0.05) is 68.4 Å². The maximum absolute atomic E-state index is 12.7. The molecule has 2 amide bonds. The third-order valence-electron chi connectivity index (χ3n) is 6.23. The smallest absolute Gasteiger partial charge is 0.411 e. The van der Waals surface area contributed by atoms with Crippen LogP contribution in [0.2, 0.25) is 0 Å². The fourth-order valence-electron chi connectivity index (χ4n) is 4.38. The molecule has 3 aromatic rings. The van der Waals surface area contributed by atoms with Crippen molar-refractivity contribution in [2.75, 3.05) is 11.9 Å². The lowest BCUT2D eigenvalue weighted by Gasteiger charge is -2.20. The summed E-state index contributed by atoms with van der Waals surface area (Å²) in [5, 5.41) is 14.5. The van der Waals surface area contributed by atoms with Gasteiger partial charge in [-0.25, -0.2) is 4.79 Å². The number of aliphatic carboxylic acids is 1. The van der Waals surface area contributed by atoms with Crippen LogP contribution >= 0.6 is 0 Å². The monoisotopic (exact) mass is 472 g/mol. The molecule has 0 saturated carbocycles. The van der Waals surface area contributed by atoms with Gasteiger partial charge in [0, 0.05) is 23.2 Å². The van der Waals surface area contributed by atoms with Crippen molar-refractivity contribution in [3.63, 3.8) is 0 Å². The lowest BCUT2D eigenvalue weighted by Crippen LogP contribution is -2.40. The third kappa shape index (κ3) is 5.51. The maximum atomic E-state index is 12.7. The molecule has 35 heavy (non-hydrogen) atoms. The topological polar surface area (TPSA) is 105 Å². The number of fused-ring (bicyclic) bond motifs is 3. The zero-order chi connectivity index (χ0) is 24.9. The average molecular weight is 473 g/mol. The number of ether oxygens (including phenoxy) is 1. The normalized spacial score (nSPS) is 13.0. The van der Waals surface area contributed by atoms with Gasteiger partial charge in [0.05, 0.1) is 6.42 Å². The van der Waals surface area contributed by atoms with Crippen LogP contribution in [-0.2, 0) is 9.53 Å². The number of carboxylic acids is 1. The van der Waals surface area contributed by atoms with Gasteiger partial charge in [0.1, 0.15) is 6.61 Å². The zero-order valence-electron chi connectivity index (χ0n) is 19.7. The Kier molecular flexibility index (Phi) is 7.15. The van der Waals surface area contributed by atoms with Crippen LogP contribution in [-0.4, -0.2) is 35.7 Å². The van der Waals surface area contributed by atoms with E-state index < -0.39 is 24.0 Å². The van der Waals surface area contributed by atoms with E-state index in [2.05, 4.69) is 34.9 Å². The lowest BCUT2D eigenvalue weighted by atomic mass is 9.98. The van der Waals surface area contributed by atoms with Crippen LogP contribution in [0.4, 0.5) is 10.5 Å². The summed E-state index contributed by atoms with van der Waals surface area (Å²) < 4.78 is 5.57. The van der Waals surface area contributed by atoms with Crippen molar-refractivity contribution in [3.05, 3.63) is 89.5 Å². The number of carboxylic acid groups (broad SMARTS) is 1. The second-order valence-electron chi connectivity index (χ2n) is 8.95. The summed E-state index contributed by atoms with van der Waals surface area (Å²) in [5.74, 6) is -1.47. The van der Waals surface area contributed by atoms with Crippen molar-refractivity contribution in [1.82, 2.24) is 5.32 Å². The third-order valence-corrected chi connectivity index (χ3v) is 6.23. The molecular weight excluding hydrogens is 444 g/mol. The second-order valence-corrected chi connectivity index (χ2v) is 8.95. The molecule has 1 aliphatic rings. The Morgan fingerprint density at radius 2 is 1.54 bits per heavy atom. The number of rotatable bonds is 8. The van der Waals surface area contributed by atoms with E-state index in [0.29, 0.717) is 11.3 Å². The highest BCUT2D eigenvalue weighted by Crippen LogP contribution is 2.44. The van der Waals surface area contributed by atoms with E-state index in [-0.39, 0.29) is 24.9 Å². The van der Waals surface area contributed by atoms with Crippen LogP contribution in [0.1, 0.15) is 47.7 Å². The van der Waals surface area contributed by atoms with Crippen LogP contribution in [0.25, 0.3) is 11.1 Å². The van der Waals surface area contributed by atoms with Crippen molar-refractivity contribution < 1.29 is 24.2 Å². The number of nitrogens with one attached hydrogen (secondary N) is 2. The van der Waals surface area contributed by atoms with E-state index in [9.17, 15) is 14.4 Å². The molecule has 1 atom stereocenters.